The number of nitrogens with zero attached hydrogens (tertiary/aromatic N) is 1. The van der Waals surface area contributed by atoms with Crippen LogP contribution < -0.4 is 5.32 Å². The second-order valence-electron chi connectivity index (χ2n) is 5.47. The van der Waals surface area contributed by atoms with Crippen LogP contribution in [0.15, 0.2) is 29.6 Å². The van der Waals surface area contributed by atoms with Gasteiger partial charge in [-0.25, -0.2) is 4.98 Å². The number of rotatable bonds is 7. The van der Waals surface area contributed by atoms with Gasteiger partial charge in [0.25, 0.3) is 0 Å². The maximum Gasteiger partial charge on any atom is 0.235 e. The highest BCUT2D eigenvalue weighted by Gasteiger charge is 2.20. The topological polar surface area (TPSA) is 59.1 Å². The van der Waals surface area contributed by atoms with Gasteiger partial charge in [0.15, 0.2) is 0 Å². The fourth-order valence-electron chi connectivity index (χ4n) is 1.98. The largest absolute Gasteiger partial charge is 0.355 e. The van der Waals surface area contributed by atoms with Gasteiger partial charge in [-0.05, 0) is 20.3 Å². The van der Waals surface area contributed by atoms with E-state index in [9.17, 15) is 9.00 Å². The predicted octanol–water partition coefficient (Wildman–Crippen LogP) is 3.28. The summed E-state index contributed by atoms with van der Waals surface area (Å²) in [7, 11) is -1.26. The molecule has 1 aromatic heterocycles. The van der Waals surface area contributed by atoms with Crippen LogP contribution in [0.1, 0.15) is 31.5 Å². The molecule has 0 saturated carbocycles. The molecule has 1 heterocycles. The molecule has 0 fully saturated rings. The van der Waals surface area contributed by atoms with Crippen molar-refractivity contribution in [1.29, 1.82) is 0 Å². The Kier molecular flexibility index (Phi) is 6.47. The van der Waals surface area contributed by atoms with Gasteiger partial charge in [0.1, 0.15) is 10.3 Å². The molecule has 124 valence electrons. The standard InChI is InChI=1S/C17H22N2O2S2/c1-4-9-18-16(20)13(3)23(21)11-15-10-22-17(19-15)14-7-5-12(2)6-8-14/h5-8,10,13H,4,9,11H2,1-3H3,(H,18,20)/t13-,23+/m1/s1. The Bertz CT molecular complexity index is 680. The molecule has 0 aliphatic rings. The van der Waals surface area contributed by atoms with Gasteiger partial charge in [-0.1, -0.05) is 36.8 Å². The van der Waals surface area contributed by atoms with Gasteiger partial charge in [0, 0.05) is 28.3 Å². The number of amides is 1. The SMILES string of the molecule is CCCNC(=O)[C@@H](C)[S@@](=O)Cc1csc(-c2ccc(C)cc2)n1. The van der Waals surface area contributed by atoms with E-state index in [1.165, 1.54) is 16.9 Å². The van der Waals surface area contributed by atoms with Gasteiger partial charge in [0.05, 0.1) is 11.4 Å². The van der Waals surface area contributed by atoms with E-state index in [0.29, 0.717) is 12.3 Å². The lowest BCUT2D eigenvalue weighted by Crippen LogP contribution is -2.36. The van der Waals surface area contributed by atoms with Crippen molar-refractivity contribution in [3.8, 4) is 10.6 Å². The van der Waals surface area contributed by atoms with Crippen molar-refractivity contribution in [3.63, 3.8) is 0 Å². The molecule has 23 heavy (non-hydrogen) atoms. The van der Waals surface area contributed by atoms with E-state index >= 15 is 0 Å². The van der Waals surface area contributed by atoms with Crippen LogP contribution in [0.5, 0.6) is 0 Å². The molecule has 0 unspecified atom stereocenters. The first-order chi connectivity index (χ1) is 11.0. The highest BCUT2D eigenvalue weighted by atomic mass is 32.2. The average Bonchev–Trinajstić information content (AvgIpc) is 3.00. The summed E-state index contributed by atoms with van der Waals surface area (Å²) >= 11 is 1.54. The van der Waals surface area contributed by atoms with Crippen LogP contribution in [0.2, 0.25) is 0 Å². The van der Waals surface area contributed by atoms with Crippen molar-refractivity contribution < 1.29 is 9.00 Å². The average molecular weight is 351 g/mol. The fourth-order valence-corrected chi connectivity index (χ4v) is 3.93. The number of nitrogens with one attached hydrogen (secondary N) is 1. The van der Waals surface area contributed by atoms with Crippen LogP contribution in [-0.4, -0.2) is 26.9 Å². The van der Waals surface area contributed by atoms with Gasteiger partial charge in [-0.3, -0.25) is 9.00 Å². The number of aryl methyl sites for hydroxylation is 1. The second-order valence-corrected chi connectivity index (χ2v) is 8.08. The molecule has 4 nitrogen and oxygen atoms in total. The molecule has 0 spiro atoms. The Labute approximate surface area is 143 Å². The first kappa shape index (κ1) is 17.8. The number of carbonyl (C=O) groups excluding carboxylic acids is 1. The minimum Gasteiger partial charge on any atom is -0.355 e. The lowest BCUT2D eigenvalue weighted by Gasteiger charge is -2.10. The van der Waals surface area contributed by atoms with E-state index in [4.69, 9.17) is 0 Å². The zero-order chi connectivity index (χ0) is 16.8. The van der Waals surface area contributed by atoms with Gasteiger partial charge >= 0.3 is 0 Å². The summed E-state index contributed by atoms with van der Waals surface area (Å²) in [5.74, 6) is 0.155. The molecule has 0 aliphatic carbocycles. The number of aromatic nitrogens is 1. The number of hydrogen-bond acceptors (Lipinski definition) is 4. The zero-order valence-corrected chi connectivity index (χ0v) is 15.3. The summed E-state index contributed by atoms with van der Waals surface area (Å²) in [5.41, 5.74) is 3.05. The lowest BCUT2D eigenvalue weighted by atomic mass is 10.2. The fraction of sp³-hybridized carbons (Fsp3) is 0.412. The Hall–Kier alpha value is -1.53. The van der Waals surface area contributed by atoms with Crippen molar-refractivity contribution in [2.24, 2.45) is 0 Å². The monoisotopic (exact) mass is 350 g/mol. The van der Waals surface area contributed by atoms with Crippen LogP contribution in [0.25, 0.3) is 10.6 Å². The van der Waals surface area contributed by atoms with Gasteiger partial charge in [0.2, 0.25) is 5.91 Å². The third-order valence-corrected chi connectivity index (χ3v) is 5.98. The molecule has 0 saturated heterocycles. The summed E-state index contributed by atoms with van der Waals surface area (Å²) in [6.07, 6.45) is 0.872. The molecule has 2 aromatic rings. The van der Waals surface area contributed by atoms with Gasteiger partial charge in [-0.2, -0.15) is 0 Å². The van der Waals surface area contributed by atoms with Crippen molar-refractivity contribution in [1.82, 2.24) is 10.3 Å². The van der Waals surface area contributed by atoms with Crippen molar-refractivity contribution >= 4 is 28.0 Å². The Morgan fingerprint density at radius 3 is 2.70 bits per heavy atom. The molecule has 1 N–H and O–H groups in total. The highest BCUT2D eigenvalue weighted by Crippen LogP contribution is 2.24. The van der Waals surface area contributed by atoms with Crippen LogP contribution in [0.3, 0.4) is 0 Å². The van der Waals surface area contributed by atoms with Crippen LogP contribution in [-0.2, 0) is 21.3 Å². The van der Waals surface area contributed by atoms with Gasteiger partial charge in [-0.15, -0.1) is 11.3 Å². The van der Waals surface area contributed by atoms with Gasteiger partial charge < -0.3 is 5.32 Å². The predicted molar refractivity (Wildman–Crippen MR) is 96.9 cm³/mol. The summed E-state index contributed by atoms with van der Waals surface area (Å²) < 4.78 is 12.3. The van der Waals surface area contributed by atoms with Crippen molar-refractivity contribution in [2.75, 3.05) is 6.54 Å². The number of benzene rings is 1. The molecule has 1 amide bonds. The number of thiazole rings is 1. The van der Waals surface area contributed by atoms with E-state index in [2.05, 4.69) is 22.4 Å². The summed E-state index contributed by atoms with van der Waals surface area (Å²) in [6, 6.07) is 8.18. The number of hydrogen-bond donors (Lipinski definition) is 1. The van der Waals surface area contributed by atoms with E-state index in [0.717, 1.165) is 22.7 Å². The molecule has 0 bridgehead atoms. The molecule has 1 aromatic carbocycles. The molecule has 0 aliphatic heterocycles. The highest BCUT2D eigenvalue weighted by molar-refractivity contribution is 7.85. The normalized spacial score (nSPS) is 13.5. The van der Waals surface area contributed by atoms with E-state index in [1.54, 1.807) is 6.92 Å². The van der Waals surface area contributed by atoms with Crippen molar-refractivity contribution in [2.45, 2.75) is 38.2 Å². The number of carbonyl (C=O) groups is 1. The molecule has 0 radical (unpaired) electrons. The molecular formula is C17H22N2O2S2. The Morgan fingerprint density at radius 1 is 1.35 bits per heavy atom. The summed E-state index contributed by atoms with van der Waals surface area (Å²) in [6.45, 7) is 6.36. The molecule has 2 rings (SSSR count). The van der Waals surface area contributed by atoms with E-state index in [-0.39, 0.29) is 5.91 Å². The third-order valence-electron chi connectivity index (χ3n) is 3.45. The quantitative estimate of drug-likeness (QED) is 0.834. The molecular weight excluding hydrogens is 328 g/mol. The second kappa shape index (κ2) is 8.36. The first-order valence-electron chi connectivity index (χ1n) is 7.67. The van der Waals surface area contributed by atoms with Crippen molar-refractivity contribution in [3.05, 3.63) is 40.9 Å². The molecule has 2 atom stereocenters. The first-order valence-corrected chi connectivity index (χ1v) is 9.93. The minimum atomic E-state index is -1.26. The lowest BCUT2D eigenvalue weighted by molar-refractivity contribution is -0.120. The maximum atomic E-state index is 12.3. The smallest absolute Gasteiger partial charge is 0.235 e. The van der Waals surface area contributed by atoms with Crippen LogP contribution in [0, 0.1) is 6.92 Å². The summed E-state index contributed by atoms with van der Waals surface area (Å²) in [5, 5.41) is 5.10. The third kappa shape index (κ3) is 4.97. The van der Waals surface area contributed by atoms with Crippen LogP contribution in [0.4, 0.5) is 0 Å². The minimum absolute atomic E-state index is 0.154. The van der Waals surface area contributed by atoms with E-state index in [1.807, 2.05) is 31.4 Å². The zero-order valence-electron chi connectivity index (χ0n) is 13.7. The maximum absolute atomic E-state index is 12.3. The summed E-state index contributed by atoms with van der Waals surface area (Å²) in [4.78, 5) is 16.4. The Morgan fingerprint density at radius 2 is 2.04 bits per heavy atom. The Balaban J connectivity index is 1.99. The molecule has 6 heteroatoms. The van der Waals surface area contributed by atoms with Crippen LogP contribution >= 0.6 is 11.3 Å². The van der Waals surface area contributed by atoms with E-state index < -0.39 is 16.0 Å².